The van der Waals surface area contributed by atoms with Crippen LogP contribution in [0.3, 0.4) is 0 Å². The van der Waals surface area contributed by atoms with Crippen molar-refractivity contribution in [1.82, 2.24) is 9.38 Å². The van der Waals surface area contributed by atoms with E-state index in [4.69, 9.17) is 4.74 Å². The second-order valence-corrected chi connectivity index (χ2v) is 6.42. The number of hydrogen-bond acceptors (Lipinski definition) is 6. The van der Waals surface area contributed by atoms with Gasteiger partial charge in [-0.25, -0.2) is 14.2 Å². The maximum absolute atomic E-state index is 13.6. The van der Waals surface area contributed by atoms with Crippen LogP contribution >= 0.6 is 0 Å². The summed E-state index contributed by atoms with van der Waals surface area (Å²) in [5, 5.41) is 11.5. The number of nitro benzene ring substituents is 1. The SMILES string of the molecule is CCOC(=O)c1cc(C(=O)c2cccc([N+](=O)[O-])c2)n2cnc3cc(F)ccc3c12. The Hall–Kier alpha value is -4.14. The monoisotopic (exact) mass is 407 g/mol. The highest BCUT2D eigenvalue weighted by Crippen LogP contribution is 2.28. The largest absolute Gasteiger partial charge is 0.462 e. The first kappa shape index (κ1) is 19.2. The molecule has 30 heavy (non-hydrogen) atoms. The zero-order valence-corrected chi connectivity index (χ0v) is 15.7. The smallest absolute Gasteiger partial charge is 0.340 e. The third-order valence-corrected chi connectivity index (χ3v) is 4.61. The molecule has 0 saturated carbocycles. The summed E-state index contributed by atoms with van der Waals surface area (Å²) in [7, 11) is 0. The number of nitro groups is 1. The minimum atomic E-state index is -0.648. The van der Waals surface area contributed by atoms with E-state index in [1.165, 1.54) is 53.2 Å². The summed E-state index contributed by atoms with van der Waals surface area (Å²) in [4.78, 5) is 40.3. The van der Waals surface area contributed by atoms with E-state index < -0.39 is 22.5 Å². The van der Waals surface area contributed by atoms with E-state index in [0.29, 0.717) is 16.4 Å². The van der Waals surface area contributed by atoms with Crippen LogP contribution in [0.5, 0.6) is 0 Å². The number of fused-ring (bicyclic) bond motifs is 3. The van der Waals surface area contributed by atoms with Gasteiger partial charge in [0, 0.05) is 29.1 Å². The van der Waals surface area contributed by atoms with E-state index in [2.05, 4.69) is 4.98 Å². The minimum Gasteiger partial charge on any atom is -0.462 e. The molecule has 150 valence electrons. The van der Waals surface area contributed by atoms with Gasteiger partial charge in [-0.05, 0) is 25.1 Å². The number of hydrogen-bond donors (Lipinski definition) is 0. The summed E-state index contributed by atoms with van der Waals surface area (Å²) >= 11 is 0. The van der Waals surface area contributed by atoms with Crippen molar-refractivity contribution in [3.05, 3.63) is 87.6 Å². The van der Waals surface area contributed by atoms with Gasteiger partial charge in [0.15, 0.2) is 0 Å². The quantitative estimate of drug-likeness (QED) is 0.215. The average Bonchev–Trinajstić information content (AvgIpc) is 3.13. The number of esters is 1. The number of carbonyl (C=O) groups is 2. The summed E-state index contributed by atoms with van der Waals surface area (Å²) in [6.45, 7) is 1.78. The molecule has 0 radical (unpaired) electrons. The van der Waals surface area contributed by atoms with Crippen LogP contribution in [-0.2, 0) is 4.74 Å². The maximum atomic E-state index is 13.6. The van der Waals surface area contributed by atoms with Crippen LogP contribution in [0.2, 0.25) is 0 Å². The Balaban J connectivity index is 1.97. The number of nitrogens with zero attached hydrogens (tertiary/aromatic N) is 3. The number of benzene rings is 2. The molecular formula is C21H14FN3O5. The number of ether oxygens (including phenoxy) is 1. The molecule has 4 rings (SSSR count). The van der Waals surface area contributed by atoms with Crippen LogP contribution in [-0.4, -0.2) is 32.7 Å². The normalized spacial score (nSPS) is 11.0. The molecule has 2 aromatic heterocycles. The Bertz CT molecular complexity index is 1350. The van der Waals surface area contributed by atoms with Crippen molar-refractivity contribution < 1.29 is 23.6 Å². The maximum Gasteiger partial charge on any atom is 0.340 e. The molecule has 0 aliphatic rings. The molecule has 0 saturated heterocycles. The molecule has 4 aromatic rings. The Morgan fingerprint density at radius 2 is 2.00 bits per heavy atom. The fourth-order valence-corrected chi connectivity index (χ4v) is 3.30. The van der Waals surface area contributed by atoms with Gasteiger partial charge in [0.25, 0.3) is 5.69 Å². The summed E-state index contributed by atoms with van der Waals surface area (Å²) in [5.74, 6) is -1.67. The second-order valence-electron chi connectivity index (χ2n) is 6.42. The lowest BCUT2D eigenvalue weighted by atomic mass is 10.1. The molecule has 0 spiro atoms. The first-order valence-electron chi connectivity index (χ1n) is 8.96. The van der Waals surface area contributed by atoms with Crippen molar-refractivity contribution in [2.24, 2.45) is 0 Å². The third-order valence-electron chi connectivity index (χ3n) is 4.61. The van der Waals surface area contributed by atoms with Crippen LogP contribution in [0.1, 0.15) is 33.3 Å². The predicted molar refractivity (Wildman–Crippen MR) is 105 cm³/mol. The van der Waals surface area contributed by atoms with E-state index in [-0.39, 0.29) is 29.1 Å². The molecule has 0 aliphatic carbocycles. The van der Waals surface area contributed by atoms with Gasteiger partial charge >= 0.3 is 5.97 Å². The molecule has 2 heterocycles. The molecule has 0 bridgehead atoms. The minimum absolute atomic E-state index is 0.0762. The van der Waals surface area contributed by atoms with Crippen molar-refractivity contribution in [3.8, 4) is 0 Å². The number of aromatic nitrogens is 2. The van der Waals surface area contributed by atoms with Crippen LogP contribution in [0.4, 0.5) is 10.1 Å². The van der Waals surface area contributed by atoms with Gasteiger partial charge < -0.3 is 4.74 Å². The van der Waals surface area contributed by atoms with E-state index in [1.807, 2.05) is 0 Å². The van der Waals surface area contributed by atoms with Gasteiger partial charge in [0.05, 0.1) is 33.8 Å². The first-order valence-corrected chi connectivity index (χ1v) is 8.96. The molecule has 9 heteroatoms. The van der Waals surface area contributed by atoms with Gasteiger partial charge in [-0.3, -0.25) is 19.3 Å². The molecule has 0 amide bonds. The number of non-ortho nitro benzene ring substituents is 1. The highest BCUT2D eigenvalue weighted by Gasteiger charge is 2.24. The molecule has 0 N–H and O–H groups in total. The summed E-state index contributed by atoms with van der Waals surface area (Å²) in [6, 6.07) is 10.6. The lowest BCUT2D eigenvalue weighted by Gasteiger charge is -2.06. The van der Waals surface area contributed by atoms with Crippen molar-refractivity contribution >= 4 is 33.9 Å². The number of rotatable bonds is 5. The Morgan fingerprint density at radius 3 is 2.73 bits per heavy atom. The molecule has 0 unspecified atom stereocenters. The van der Waals surface area contributed by atoms with Gasteiger partial charge in [-0.15, -0.1) is 0 Å². The zero-order valence-electron chi connectivity index (χ0n) is 15.7. The van der Waals surface area contributed by atoms with Crippen LogP contribution in [0, 0.1) is 15.9 Å². The lowest BCUT2D eigenvalue weighted by molar-refractivity contribution is -0.384. The summed E-state index contributed by atoms with van der Waals surface area (Å²) in [6.07, 6.45) is 1.31. The number of carbonyl (C=O) groups excluding carboxylic acids is 2. The van der Waals surface area contributed by atoms with E-state index in [0.717, 1.165) is 6.07 Å². The van der Waals surface area contributed by atoms with Crippen LogP contribution in [0.15, 0.2) is 54.9 Å². The highest BCUT2D eigenvalue weighted by molar-refractivity contribution is 6.14. The molecule has 8 nitrogen and oxygen atoms in total. The fourth-order valence-electron chi connectivity index (χ4n) is 3.30. The van der Waals surface area contributed by atoms with Crippen molar-refractivity contribution in [1.29, 1.82) is 0 Å². The topological polar surface area (TPSA) is 104 Å². The number of ketones is 1. The van der Waals surface area contributed by atoms with Crippen LogP contribution in [0.25, 0.3) is 16.4 Å². The zero-order chi connectivity index (χ0) is 21.4. The van der Waals surface area contributed by atoms with E-state index >= 15 is 0 Å². The molecule has 0 aliphatic heterocycles. The van der Waals surface area contributed by atoms with Crippen molar-refractivity contribution in [3.63, 3.8) is 0 Å². The summed E-state index contributed by atoms with van der Waals surface area (Å²) in [5.41, 5.74) is 0.689. The average molecular weight is 407 g/mol. The first-order chi connectivity index (χ1) is 14.4. The van der Waals surface area contributed by atoms with Crippen molar-refractivity contribution in [2.75, 3.05) is 6.61 Å². The third kappa shape index (κ3) is 3.16. The van der Waals surface area contributed by atoms with Gasteiger partial charge in [-0.2, -0.15) is 0 Å². The Kier molecular flexibility index (Phi) is 4.71. The molecular weight excluding hydrogens is 393 g/mol. The molecule has 2 aromatic carbocycles. The van der Waals surface area contributed by atoms with Crippen molar-refractivity contribution in [2.45, 2.75) is 6.92 Å². The highest BCUT2D eigenvalue weighted by atomic mass is 19.1. The Labute approximate surface area is 168 Å². The Morgan fingerprint density at radius 1 is 1.20 bits per heavy atom. The number of halogens is 1. The van der Waals surface area contributed by atoms with Gasteiger partial charge in [-0.1, -0.05) is 12.1 Å². The second kappa shape index (κ2) is 7.36. The van der Waals surface area contributed by atoms with E-state index in [1.54, 1.807) is 6.92 Å². The lowest BCUT2D eigenvalue weighted by Crippen LogP contribution is -2.06. The standard InChI is InChI=1S/C21H14FN3O5/c1-2-30-21(27)16-10-18(20(26)12-4-3-5-14(8-12)25(28)29)24-11-23-17-9-13(22)6-7-15(17)19(16)24/h3-11H,2H2,1H3. The van der Waals surface area contributed by atoms with E-state index in [9.17, 15) is 24.1 Å². The van der Waals surface area contributed by atoms with Gasteiger partial charge in [0.2, 0.25) is 5.78 Å². The molecule has 0 atom stereocenters. The van der Waals surface area contributed by atoms with Gasteiger partial charge in [0.1, 0.15) is 12.1 Å². The van der Waals surface area contributed by atoms with Crippen LogP contribution < -0.4 is 0 Å². The summed E-state index contributed by atoms with van der Waals surface area (Å²) < 4.78 is 20.1. The predicted octanol–water partition coefficient (Wildman–Crippen LogP) is 3.94. The fraction of sp³-hybridized carbons (Fsp3) is 0.0952. The molecule has 0 fully saturated rings.